The zero-order valence-corrected chi connectivity index (χ0v) is 10.2. The largest absolute Gasteiger partial charge is 0.494 e. The Kier molecular flexibility index (Phi) is 5.10. The van der Waals surface area contributed by atoms with Crippen LogP contribution in [0.1, 0.15) is 17.3 Å². The van der Waals surface area contributed by atoms with Crippen LogP contribution in [0.5, 0.6) is 5.75 Å². The molecule has 0 fully saturated rings. The molecule has 0 aliphatic heterocycles. The molecule has 98 valence electrons. The number of hydrogen-bond acceptors (Lipinski definition) is 3. The number of ether oxygens (including phenoxy) is 1. The maximum atomic E-state index is 13.3. The zero-order chi connectivity index (χ0) is 13.5. The average molecular weight is 254 g/mol. The summed E-state index contributed by atoms with van der Waals surface area (Å²) in [6.07, 6.45) is 0. The second-order valence-corrected chi connectivity index (χ2v) is 3.59. The lowest BCUT2D eigenvalue weighted by Gasteiger charge is -2.07. The van der Waals surface area contributed by atoms with Crippen molar-refractivity contribution < 1.29 is 18.7 Å². The summed E-state index contributed by atoms with van der Waals surface area (Å²) < 4.78 is 18.1. The summed E-state index contributed by atoms with van der Waals surface area (Å²) in [5.74, 6) is -1.07. The van der Waals surface area contributed by atoms with Crippen LogP contribution in [0, 0.1) is 5.82 Å². The maximum absolute atomic E-state index is 13.3. The molecule has 0 radical (unpaired) electrons. The van der Waals surface area contributed by atoms with Gasteiger partial charge in [0.2, 0.25) is 5.91 Å². The number of carbonyl (C=O) groups excluding carboxylic acids is 2. The molecule has 0 aliphatic rings. The standard InChI is InChI=1S/C12H15FN2O3/c1-8(16)14-5-6-15-12(17)9-3-4-11(18-2)10(13)7-9/h3-4,7H,5-6H2,1-2H3,(H,14,16)(H,15,17). The molecule has 0 heterocycles. The van der Waals surface area contributed by atoms with Crippen molar-refractivity contribution in [2.24, 2.45) is 0 Å². The Morgan fingerprint density at radius 2 is 1.94 bits per heavy atom. The highest BCUT2D eigenvalue weighted by atomic mass is 19.1. The molecule has 2 N–H and O–H groups in total. The Bertz CT molecular complexity index is 449. The van der Waals surface area contributed by atoms with E-state index in [2.05, 4.69) is 10.6 Å². The molecule has 1 rings (SSSR count). The Hall–Kier alpha value is -2.11. The molecule has 1 aromatic rings. The van der Waals surface area contributed by atoms with Crippen LogP contribution < -0.4 is 15.4 Å². The predicted molar refractivity (Wildman–Crippen MR) is 64.0 cm³/mol. The number of nitrogens with one attached hydrogen (secondary N) is 2. The van der Waals surface area contributed by atoms with E-state index in [0.717, 1.165) is 6.07 Å². The number of carbonyl (C=O) groups is 2. The molecule has 0 saturated carbocycles. The summed E-state index contributed by atoms with van der Waals surface area (Å²) >= 11 is 0. The summed E-state index contributed by atoms with van der Waals surface area (Å²) in [5, 5.41) is 5.09. The van der Waals surface area contributed by atoms with E-state index < -0.39 is 11.7 Å². The third-order valence-electron chi connectivity index (χ3n) is 2.20. The molecule has 6 heteroatoms. The van der Waals surface area contributed by atoms with Gasteiger partial charge in [0.15, 0.2) is 11.6 Å². The van der Waals surface area contributed by atoms with Gasteiger partial charge in [-0.25, -0.2) is 4.39 Å². The summed E-state index contributed by atoms with van der Waals surface area (Å²) in [5.41, 5.74) is 0.205. The van der Waals surface area contributed by atoms with Crippen LogP contribution in [0.2, 0.25) is 0 Å². The highest BCUT2D eigenvalue weighted by molar-refractivity contribution is 5.94. The predicted octanol–water partition coefficient (Wildman–Crippen LogP) is 0.700. The van der Waals surface area contributed by atoms with Crippen molar-refractivity contribution in [1.29, 1.82) is 0 Å². The normalized spacial score (nSPS) is 9.72. The molecule has 1 aromatic carbocycles. The second-order valence-electron chi connectivity index (χ2n) is 3.59. The van der Waals surface area contributed by atoms with E-state index in [4.69, 9.17) is 4.74 Å². The van der Waals surface area contributed by atoms with Crippen LogP contribution in [-0.4, -0.2) is 32.0 Å². The first-order chi connectivity index (χ1) is 8.54. The van der Waals surface area contributed by atoms with E-state index in [9.17, 15) is 14.0 Å². The van der Waals surface area contributed by atoms with Gasteiger partial charge in [-0.15, -0.1) is 0 Å². The van der Waals surface area contributed by atoms with Gasteiger partial charge in [0.1, 0.15) is 0 Å². The molecular formula is C12H15FN2O3. The molecule has 0 atom stereocenters. The quantitative estimate of drug-likeness (QED) is 0.760. The van der Waals surface area contributed by atoms with Gasteiger partial charge in [-0.1, -0.05) is 0 Å². The zero-order valence-electron chi connectivity index (χ0n) is 10.2. The lowest BCUT2D eigenvalue weighted by Crippen LogP contribution is -2.33. The molecule has 0 aromatic heterocycles. The SMILES string of the molecule is COc1ccc(C(=O)NCCNC(C)=O)cc1F. The van der Waals surface area contributed by atoms with Gasteiger partial charge >= 0.3 is 0 Å². The van der Waals surface area contributed by atoms with Crippen molar-refractivity contribution in [2.75, 3.05) is 20.2 Å². The summed E-state index contributed by atoms with van der Waals surface area (Å²) in [6.45, 7) is 2.01. The molecular weight excluding hydrogens is 239 g/mol. The third-order valence-corrected chi connectivity index (χ3v) is 2.20. The fourth-order valence-electron chi connectivity index (χ4n) is 1.32. The number of methoxy groups -OCH3 is 1. The van der Waals surface area contributed by atoms with Crippen molar-refractivity contribution >= 4 is 11.8 Å². The summed E-state index contributed by atoms with van der Waals surface area (Å²) in [4.78, 5) is 22.2. The maximum Gasteiger partial charge on any atom is 0.251 e. The van der Waals surface area contributed by atoms with Crippen LogP contribution in [0.25, 0.3) is 0 Å². The smallest absolute Gasteiger partial charge is 0.251 e. The Morgan fingerprint density at radius 1 is 1.28 bits per heavy atom. The van der Waals surface area contributed by atoms with E-state index >= 15 is 0 Å². The van der Waals surface area contributed by atoms with Gasteiger partial charge in [-0.05, 0) is 18.2 Å². The van der Waals surface area contributed by atoms with E-state index in [1.807, 2.05) is 0 Å². The summed E-state index contributed by atoms with van der Waals surface area (Å²) in [6, 6.07) is 3.96. The van der Waals surface area contributed by atoms with Crippen molar-refractivity contribution in [2.45, 2.75) is 6.92 Å². The van der Waals surface area contributed by atoms with Crippen LogP contribution >= 0.6 is 0 Å². The lowest BCUT2D eigenvalue weighted by molar-refractivity contribution is -0.118. The molecule has 0 unspecified atom stereocenters. The Labute approximate surface area is 104 Å². The van der Waals surface area contributed by atoms with E-state index in [-0.39, 0.29) is 23.8 Å². The van der Waals surface area contributed by atoms with Gasteiger partial charge in [0.25, 0.3) is 5.91 Å². The van der Waals surface area contributed by atoms with Crippen LogP contribution in [0.4, 0.5) is 4.39 Å². The molecule has 2 amide bonds. The number of amides is 2. The minimum absolute atomic E-state index is 0.0878. The van der Waals surface area contributed by atoms with Gasteiger partial charge in [-0.2, -0.15) is 0 Å². The number of halogens is 1. The van der Waals surface area contributed by atoms with Crippen molar-refractivity contribution in [3.63, 3.8) is 0 Å². The van der Waals surface area contributed by atoms with Crippen molar-refractivity contribution in [3.05, 3.63) is 29.6 Å². The van der Waals surface area contributed by atoms with Crippen molar-refractivity contribution in [1.82, 2.24) is 10.6 Å². The first-order valence-electron chi connectivity index (χ1n) is 5.40. The highest BCUT2D eigenvalue weighted by Gasteiger charge is 2.09. The van der Waals surface area contributed by atoms with E-state index in [1.165, 1.54) is 26.2 Å². The molecule has 0 aliphatic carbocycles. The van der Waals surface area contributed by atoms with Gasteiger partial charge in [0.05, 0.1) is 7.11 Å². The number of benzene rings is 1. The second kappa shape index (κ2) is 6.58. The van der Waals surface area contributed by atoms with Crippen LogP contribution in [0.15, 0.2) is 18.2 Å². The lowest BCUT2D eigenvalue weighted by atomic mass is 10.2. The van der Waals surface area contributed by atoms with E-state index in [0.29, 0.717) is 6.54 Å². The Morgan fingerprint density at radius 3 is 2.50 bits per heavy atom. The molecule has 0 saturated heterocycles. The van der Waals surface area contributed by atoms with Crippen LogP contribution in [0.3, 0.4) is 0 Å². The topological polar surface area (TPSA) is 67.4 Å². The average Bonchev–Trinajstić information content (AvgIpc) is 2.34. The van der Waals surface area contributed by atoms with E-state index in [1.54, 1.807) is 0 Å². The fraction of sp³-hybridized carbons (Fsp3) is 0.333. The number of rotatable bonds is 5. The van der Waals surface area contributed by atoms with Crippen LogP contribution in [-0.2, 0) is 4.79 Å². The molecule has 5 nitrogen and oxygen atoms in total. The Balaban J connectivity index is 2.51. The van der Waals surface area contributed by atoms with Crippen molar-refractivity contribution in [3.8, 4) is 5.75 Å². The third kappa shape index (κ3) is 4.04. The molecule has 0 bridgehead atoms. The minimum Gasteiger partial charge on any atom is -0.494 e. The monoisotopic (exact) mass is 254 g/mol. The fourth-order valence-corrected chi connectivity index (χ4v) is 1.32. The molecule has 18 heavy (non-hydrogen) atoms. The minimum atomic E-state index is -0.591. The molecule has 0 spiro atoms. The van der Waals surface area contributed by atoms with Gasteiger partial charge < -0.3 is 15.4 Å². The first-order valence-corrected chi connectivity index (χ1v) is 5.40. The first kappa shape index (κ1) is 14.0. The summed E-state index contributed by atoms with van der Waals surface area (Å²) in [7, 11) is 1.35. The van der Waals surface area contributed by atoms with Gasteiger partial charge in [0, 0.05) is 25.6 Å². The highest BCUT2D eigenvalue weighted by Crippen LogP contribution is 2.17. The number of hydrogen-bond donors (Lipinski definition) is 2. The van der Waals surface area contributed by atoms with Gasteiger partial charge in [-0.3, -0.25) is 9.59 Å².